The number of hydrogen-bond acceptors (Lipinski definition) is 4. The van der Waals surface area contributed by atoms with Crippen LogP contribution in [0.5, 0.6) is 0 Å². The van der Waals surface area contributed by atoms with Crippen LogP contribution in [0.3, 0.4) is 0 Å². The van der Waals surface area contributed by atoms with Gasteiger partial charge >= 0.3 is 0 Å². The molecule has 0 fully saturated rings. The quantitative estimate of drug-likeness (QED) is 0.724. The van der Waals surface area contributed by atoms with Crippen molar-refractivity contribution in [2.75, 3.05) is 6.54 Å². The van der Waals surface area contributed by atoms with Crippen LogP contribution >= 0.6 is 23.2 Å². The van der Waals surface area contributed by atoms with Crippen LogP contribution in [0.1, 0.15) is 28.9 Å². The first-order valence-corrected chi connectivity index (χ1v) is 9.04. The first-order valence-electron chi connectivity index (χ1n) is 8.28. The van der Waals surface area contributed by atoms with Crippen LogP contribution in [-0.4, -0.2) is 16.7 Å². The van der Waals surface area contributed by atoms with Crippen molar-refractivity contribution >= 4 is 23.2 Å². The zero-order valence-corrected chi connectivity index (χ0v) is 15.1. The Kier molecular flexibility index (Phi) is 4.75. The Balaban J connectivity index is 1.59. The molecule has 1 aromatic heterocycles. The molecule has 25 heavy (non-hydrogen) atoms. The summed E-state index contributed by atoms with van der Waals surface area (Å²) in [6.07, 6.45) is 2.69. The number of halogens is 2. The molecule has 0 unspecified atom stereocenters. The summed E-state index contributed by atoms with van der Waals surface area (Å²) in [5.74, 6) is 1.13. The highest BCUT2D eigenvalue weighted by atomic mass is 35.5. The van der Waals surface area contributed by atoms with Crippen molar-refractivity contribution in [2.24, 2.45) is 0 Å². The van der Waals surface area contributed by atoms with Gasteiger partial charge in [-0.1, -0.05) is 34.4 Å². The number of fused-ring (bicyclic) bond motifs is 1. The number of rotatable bonds is 3. The van der Waals surface area contributed by atoms with Crippen LogP contribution in [-0.2, 0) is 19.4 Å². The van der Waals surface area contributed by atoms with Gasteiger partial charge in [0.25, 0.3) is 5.89 Å². The highest BCUT2D eigenvalue weighted by Crippen LogP contribution is 2.26. The van der Waals surface area contributed by atoms with E-state index in [1.54, 1.807) is 12.1 Å². The molecule has 0 saturated heterocycles. The average molecular weight is 374 g/mol. The van der Waals surface area contributed by atoms with Gasteiger partial charge < -0.3 is 9.84 Å². The first-order chi connectivity index (χ1) is 12.2. The molecular weight excluding hydrogens is 357 g/mol. The topological polar surface area (TPSA) is 51.0 Å². The van der Waals surface area contributed by atoms with Gasteiger partial charge in [-0.15, -0.1) is 0 Å². The van der Waals surface area contributed by atoms with E-state index in [0.717, 1.165) is 37.1 Å². The Hall–Kier alpha value is -1.88. The molecule has 128 valence electrons. The van der Waals surface area contributed by atoms with Gasteiger partial charge in [0.2, 0.25) is 0 Å². The normalized spacial score (nSPS) is 14.2. The van der Waals surface area contributed by atoms with Gasteiger partial charge in [-0.05, 0) is 66.4 Å². The lowest BCUT2D eigenvalue weighted by Gasteiger charge is -2.06. The van der Waals surface area contributed by atoms with Crippen molar-refractivity contribution in [1.82, 2.24) is 15.5 Å². The number of nitrogens with one attached hydrogen (secondary N) is 1. The van der Waals surface area contributed by atoms with E-state index in [0.29, 0.717) is 28.2 Å². The SMILES string of the molecule is Clc1ccc(Cl)c(Cc2noc(-c3ccc4c(c3)CCCNC4)n2)c1. The summed E-state index contributed by atoms with van der Waals surface area (Å²) in [4.78, 5) is 4.52. The Morgan fingerprint density at radius 3 is 2.92 bits per heavy atom. The van der Waals surface area contributed by atoms with Gasteiger partial charge in [0.15, 0.2) is 5.82 Å². The van der Waals surface area contributed by atoms with E-state index in [-0.39, 0.29) is 0 Å². The minimum atomic E-state index is 0.484. The second-order valence-corrected chi connectivity index (χ2v) is 7.04. The van der Waals surface area contributed by atoms with Crippen molar-refractivity contribution in [2.45, 2.75) is 25.8 Å². The molecule has 0 spiro atoms. The largest absolute Gasteiger partial charge is 0.334 e. The second kappa shape index (κ2) is 7.16. The van der Waals surface area contributed by atoms with Gasteiger partial charge in [-0.2, -0.15) is 4.98 Å². The molecule has 2 aromatic carbocycles. The van der Waals surface area contributed by atoms with E-state index in [1.807, 2.05) is 12.1 Å². The summed E-state index contributed by atoms with van der Waals surface area (Å²) in [5, 5.41) is 8.81. The third-order valence-corrected chi connectivity index (χ3v) is 5.00. The number of hydrogen-bond donors (Lipinski definition) is 1. The smallest absolute Gasteiger partial charge is 0.257 e. The average Bonchev–Trinajstić information content (AvgIpc) is 2.94. The van der Waals surface area contributed by atoms with Crippen LogP contribution < -0.4 is 5.32 Å². The van der Waals surface area contributed by atoms with Crippen molar-refractivity contribution in [3.63, 3.8) is 0 Å². The molecule has 4 rings (SSSR count). The van der Waals surface area contributed by atoms with Crippen molar-refractivity contribution < 1.29 is 4.52 Å². The lowest BCUT2D eigenvalue weighted by atomic mass is 10.0. The minimum Gasteiger partial charge on any atom is -0.334 e. The van der Waals surface area contributed by atoms with Gasteiger partial charge in [0.1, 0.15) is 0 Å². The zero-order valence-electron chi connectivity index (χ0n) is 13.6. The highest BCUT2D eigenvalue weighted by Gasteiger charge is 2.14. The van der Waals surface area contributed by atoms with E-state index in [2.05, 4.69) is 27.6 Å². The monoisotopic (exact) mass is 373 g/mol. The van der Waals surface area contributed by atoms with Crippen molar-refractivity contribution in [1.29, 1.82) is 0 Å². The van der Waals surface area contributed by atoms with Crippen LogP contribution in [0.15, 0.2) is 40.9 Å². The summed E-state index contributed by atoms with van der Waals surface area (Å²) in [5.41, 5.74) is 4.53. The van der Waals surface area contributed by atoms with Crippen molar-refractivity contribution in [3.05, 3.63) is 69.0 Å². The predicted octanol–water partition coefficient (Wildman–Crippen LogP) is 4.67. The molecule has 4 nitrogen and oxygen atoms in total. The van der Waals surface area contributed by atoms with Gasteiger partial charge in [0, 0.05) is 28.6 Å². The second-order valence-electron chi connectivity index (χ2n) is 6.19. The van der Waals surface area contributed by atoms with Gasteiger partial charge in [-0.3, -0.25) is 0 Å². The fourth-order valence-corrected chi connectivity index (χ4v) is 3.46. The maximum Gasteiger partial charge on any atom is 0.257 e. The molecule has 0 aliphatic carbocycles. The molecule has 0 radical (unpaired) electrons. The van der Waals surface area contributed by atoms with E-state index in [4.69, 9.17) is 27.7 Å². The lowest BCUT2D eigenvalue weighted by molar-refractivity contribution is 0.424. The molecule has 0 saturated carbocycles. The molecule has 0 amide bonds. The molecule has 1 aliphatic heterocycles. The fourth-order valence-electron chi connectivity index (χ4n) is 3.08. The van der Waals surface area contributed by atoms with Gasteiger partial charge in [-0.25, -0.2) is 0 Å². The minimum absolute atomic E-state index is 0.484. The Labute approximate surface area is 156 Å². The highest BCUT2D eigenvalue weighted by molar-refractivity contribution is 6.33. The third-order valence-electron chi connectivity index (χ3n) is 4.39. The van der Waals surface area contributed by atoms with Gasteiger partial charge in [0.05, 0.1) is 0 Å². The summed E-state index contributed by atoms with van der Waals surface area (Å²) in [7, 11) is 0. The number of nitrogens with zero attached hydrogens (tertiary/aromatic N) is 2. The molecule has 0 atom stereocenters. The number of aromatic nitrogens is 2. The predicted molar refractivity (Wildman–Crippen MR) is 99.0 cm³/mol. The van der Waals surface area contributed by atoms with E-state index in [1.165, 1.54) is 11.1 Å². The van der Waals surface area contributed by atoms with Crippen LogP contribution in [0.2, 0.25) is 10.0 Å². The molecular formula is C19H17Cl2N3O. The Bertz CT molecular complexity index is 907. The molecule has 0 bridgehead atoms. The summed E-state index contributed by atoms with van der Waals surface area (Å²) >= 11 is 12.3. The molecule has 6 heteroatoms. The summed E-state index contributed by atoms with van der Waals surface area (Å²) in [6, 6.07) is 11.7. The number of aryl methyl sites for hydroxylation is 1. The molecule has 3 aromatic rings. The Morgan fingerprint density at radius 1 is 1.08 bits per heavy atom. The molecule has 1 aliphatic rings. The van der Waals surface area contributed by atoms with Crippen LogP contribution in [0.25, 0.3) is 11.5 Å². The lowest BCUT2D eigenvalue weighted by Crippen LogP contribution is -2.11. The van der Waals surface area contributed by atoms with E-state index >= 15 is 0 Å². The molecule has 1 N–H and O–H groups in total. The maximum absolute atomic E-state index is 6.21. The summed E-state index contributed by atoms with van der Waals surface area (Å²) in [6.45, 7) is 1.97. The zero-order chi connectivity index (χ0) is 17.2. The molecule has 2 heterocycles. The van der Waals surface area contributed by atoms with E-state index in [9.17, 15) is 0 Å². The third kappa shape index (κ3) is 3.71. The first kappa shape index (κ1) is 16.6. The van der Waals surface area contributed by atoms with Crippen molar-refractivity contribution in [3.8, 4) is 11.5 Å². The van der Waals surface area contributed by atoms with E-state index < -0.39 is 0 Å². The fraction of sp³-hybridized carbons (Fsp3) is 0.263. The number of benzene rings is 2. The van der Waals surface area contributed by atoms with Crippen LogP contribution in [0, 0.1) is 0 Å². The summed E-state index contributed by atoms with van der Waals surface area (Å²) < 4.78 is 5.46. The standard InChI is InChI=1S/C19H17Cl2N3O/c20-16-5-6-17(21)15(9-16)10-18-23-19(25-24-18)13-3-4-14-11-22-7-1-2-12(14)8-13/h3-6,8-9,22H,1-2,7,10-11H2. The van der Waals surface area contributed by atoms with Crippen LogP contribution in [0.4, 0.5) is 0 Å². The Morgan fingerprint density at radius 2 is 2.00 bits per heavy atom. The maximum atomic E-state index is 6.21.